The van der Waals surface area contributed by atoms with Gasteiger partial charge in [-0.2, -0.15) is 0 Å². The zero-order valence-corrected chi connectivity index (χ0v) is 8.70. The van der Waals surface area contributed by atoms with Crippen LogP contribution in [-0.4, -0.2) is 22.5 Å². The summed E-state index contributed by atoms with van der Waals surface area (Å²) in [6, 6.07) is 6.88. The highest BCUT2D eigenvalue weighted by Crippen LogP contribution is 2.42. The van der Waals surface area contributed by atoms with E-state index >= 15 is 0 Å². The number of carbonyl (C=O) groups is 2. The van der Waals surface area contributed by atoms with Crippen LogP contribution in [0.25, 0.3) is 0 Å². The van der Waals surface area contributed by atoms with E-state index < -0.39 is 24.5 Å². The largest absolute Gasteiger partial charge is 0.506 e. The maximum Gasteiger partial charge on any atom is 0.506 e. The molecule has 0 heterocycles. The fourth-order valence-electron chi connectivity index (χ4n) is 2.01. The molecule has 0 fully saturated rings. The predicted octanol–water partition coefficient (Wildman–Crippen LogP) is 2.56. The maximum atomic E-state index is 10.5. The molecular formula is C11H10O6. The minimum atomic E-state index is -1.39. The van der Waals surface area contributed by atoms with Crippen LogP contribution in [-0.2, 0) is 9.47 Å². The van der Waals surface area contributed by atoms with Gasteiger partial charge in [0, 0.05) is 6.42 Å². The highest BCUT2D eigenvalue weighted by molar-refractivity contribution is 5.59. The SMILES string of the molecule is O=C(O)OC1CC(OC(=O)O)c2ccccc21. The molecule has 1 aromatic carbocycles. The number of benzene rings is 1. The summed E-state index contributed by atoms with van der Waals surface area (Å²) in [6.07, 6.45) is -3.94. The third-order valence-electron chi connectivity index (χ3n) is 2.60. The molecule has 0 radical (unpaired) electrons. The second-order valence-electron chi connectivity index (χ2n) is 3.61. The van der Waals surface area contributed by atoms with Gasteiger partial charge in [0.15, 0.2) is 0 Å². The summed E-state index contributed by atoms with van der Waals surface area (Å²) in [4.78, 5) is 21.0. The van der Waals surface area contributed by atoms with Crippen molar-refractivity contribution in [3.8, 4) is 0 Å². The second kappa shape index (κ2) is 4.32. The molecule has 17 heavy (non-hydrogen) atoms. The molecule has 0 aliphatic heterocycles. The van der Waals surface area contributed by atoms with E-state index in [1.54, 1.807) is 24.3 Å². The summed E-state index contributed by atoms with van der Waals surface area (Å²) < 4.78 is 9.39. The van der Waals surface area contributed by atoms with Gasteiger partial charge < -0.3 is 19.7 Å². The van der Waals surface area contributed by atoms with Crippen LogP contribution in [0, 0.1) is 0 Å². The zero-order valence-electron chi connectivity index (χ0n) is 8.70. The third-order valence-corrected chi connectivity index (χ3v) is 2.60. The first-order valence-electron chi connectivity index (χ1n) is 4.96. The van der Waals surface area contributed by atoms with Crippen molar-refractivity contribution in [3.05, 3.63) is 35.4 Å². The van der Waals surface area contributed by atoms with E-state index in [0.29, 0.717) is 11.1 Å². The van der Waals surface area contributed by atoms with Crippen molar-refractivity contribution in [2.45, 2.75) is 18.6 Å². The predicted molar refractivity (Wildman–Crippen MR) is 54.8 cm³/mol. The molecule has 6 heteroatoms. The first-order chi connectivity index (χ1) is 8.08. The van der Waals surface area contributed by atoms with Crippen LogP contribution < -0.4 is 0 Å². The Morgan fingerprint density at radius 2 is 1.41 bits per heavy atom. The molecule has 1 aromatic rings. The van der Waals surface area contributed by atoms with Crippen molar-refractivity contribution >= 4 is 12.3 Å². The lowest BCUT2D eigenvalue weighted by Crippen LogP contribution is -2.08. The van der Waals surface area contributed by atoms with Crippen molar-refractivity contribution in [1.82, 2.24) is 0 Å². The summed E-state index contributed by atoms with van der Waals surface area (Å²) in [7, 11) is 0. The monoisotopic (exact) mass is 238 g/mol. The Labute approximate surface area is 96.4 Å². The van der Waals surface area contributed by atoms with Crippen molar-refractivity contribution in [2.75, 3.05) is 0 Å². The summed E-state index contributed by atoms with van der Waals surface area (Å²) in [6.45, 7) is 0. The van der Waals surface area contributed by atoms with Gasteiger partial charge in [-0.1, -0.05) is 24.3 Å². The summed E-state index contributed by atoms with van der Waals surface area (Å²) in [5.41, 5.74) is 1.31. The van der Waals surface area contributed by atoms with E-state index in [0.717, 1.165) is 0 Å². The average Bonchev–Trinajstić information content (AvgIpc) is 2.56. The van der Waals surface area contributed by atoms with Gasteiger partial charge in [0.1, 0.15) is 12.2 Å². The average molecular weight is 238 g/mol. The Balaban J connectivity index is 2.26. The second-order valence-corrected chi connectivity index (χ2v) is 3.61. The Morgan fingerprint density at radius 3 is 1.76 bits per heavy atom. The fraction of sp³-hybridized carbons (Fsp3) is 0.273. The molecule has 2 rings (SSSR count). The van der Waals surface area contributed by atoms with Crippen molar-refractivity contribution < 1.29 is 29.3 Å². The lowest BCUT2D eigenvalue weighted by atomic mass is 10.1. The topological polar surface area (TPSA) is 93.1 Å². The first kappa shape index (κ1) is 11.3. The van der Waals surface area contributed by atoms with Crippen LogP contribution in [0.4, 0.5) is 9.59 Å². The molecule has 0 amide bonds. The number of fused-ring (bicyclic) bond motifs is 1. The Hall–Kier alpha value is -2.24. The van der Waals surface area contributed by atoms with E-state index in [4.69, 9.17) is 19.7 Å². The lowest BCUT2D eigenvalue weighted by Gasteiger charge is -2.10. The van der Waals surface area contributed by atoms with Crippen LogP contribution in [0.2, 0.25) is 0 Å². The molecule has 6 nitrogen and oxygen atoms in total. The van der Waals surface area contributed by atoms with Gasteiger partial charge in [0.25, 0.3) is 0 Å². The van der Waals surface area contributed by atoms with Crippen molar-refractivity contribution in [3.63, 3.8) is 0 Å². The van der Waals surface area contributed by atoms with Gasteiger partial charge in [-0.15, -0.1) is 0 Å². The van der Waals surface area contributed by atoms with E-state index in [-0.39, 0.29) is 6.42 Å². The fourth-order valence-corrected chi connectivity index (χ4v) is 2.01. The van der Waals surface area contributed by atoms with E-state index in [1.165, 1.54) is 0 Å². The van der Waals surface area contributed by atoms with Gasteiger partial charge >= 0.3 is 12.3 Å². The van der Waals surface area contributed by atoms with Gasteiger partial charge in [0.05, 0.1) is 0 Å². The molecule has 0 spiro atoms. The smallest absolute Gasteiger partial charge is 0.450 e. The molecule has 0 aromatic heterocycles. The zero-order chi connectivity index (χ0) is 12.4. The molecule has 0 bridgehead atoms. The molecule has 0 saturated carbocycles. The molecule has 1 aliphatic carbocycles. The summed E-state index contributed by atoms with van der Waals surface area (Å²) in [5.74, 6) is 0. The molecule has 90 valence electrons. The quantitative estimate of drug-likeness (QED) is 0.769. The highest BCUT2D eigenvalue weighted by Gasteiger charge is 2.35. The van der Waals surface area contributed by atoms with E-state index in [9.17, 15) is 9.59 Å². The summed E-state index contributed by atoms with van der Waals surface area (Å²) in [5, 5.41) is 17.2. The van der Waals surface area contributed by atoms with Crippen molar-refractivity contribution in [2.24, 2.45) is 0 Å². The van der Waals surface area contributed by atoms with Crippen LogP contribution in [0.3, 0.4) is 0 Å². The summed E-state index contributed by atoms with van der Waals surface area (Å²) >= 11 is 0. The van der Waals surface area contributed by atoms with Crippen LogP contribution in [0.5, 0.6) is 0 Å². The normalized spacial score (nSPS) is 21.6. The van der Waals surface area contributed by atoms with Gasteiger partial charge in [-0.25, -0.2) is 9.59 Å². The first-order valence-corrected chi connectivity index (χ1v) is 4.96. The Kier molecular flexibility index (Phi) is 2.86. The van der Waals surface area contributed by atoms with Crippen LogP contribution in [0.1, 0.15) is 29.8 Å². The minimum absolute atomic E-state index is 0.179. The highest BCUT2D eigenvalue weighted by atomic mass is 16.7. The number of ether oxygens (including phenoxy) is 2. The maximum absolute atomic E-state index is 10.5. The van der Waals surface area contributed by atoms with E-state index in [1.807, 2.05) is 0 Å². The minimum Gasteiger partial charge on any atom is -0.450 e. The molecule has 2 N–H and O–H groups in total. The molecular weight excluding hydrogens is 228 g/mol. The standard InChI is InChI=1S/C11H10O6/c12-10(13)16-8-5-9(17-11(14)15)7-4-2-1-3-6(7)8/h1-4,8-9H,5H2,(H,12,13)(H,14,15). The molecule has 2 atom stereocenters. The number of carboxylic acid groups (broad SMARTS) is 2. The number of rotatable bonds is 2. The van der Waals surface area contributed by atoms with Crippen molar-refractivity contribution in [1.29, 1.82) is 0 Å². The third kappa shape index (κ3) is 2.30. The Bertz CT molecular complexity index is 414. The number of hydrogen-bond donors (Lipinski definition) is 2. The number of hydrogen-bond acceptors (Lipinski definition) is 4. The van der Waals surface area contributed by atoms with Crippen LogP contribution in [0.15, 0.2) is 24.3 Å². The van der Waals surface area contributed by atoms with Gasteiger partial charge in [-0.3, -0.25) is 0 Å². The molecule has 2 unspecified atom stereocenters. The molecule has 1 aliphatic rings. The van der Waals surface area contributed by atoms with Gasteiger partial charge in [-0.05, 0) is 11.1 Å². The van der Waals surface area contributed by atoms with Crippen LogP contribution >= 0.6 is 0 Å². The van der Waals surface area contributed by atoms with E-state index in [2.05, 4.69) is 0 Å². The molecule has 0 saturated heterocycles. The lowest BCUT2D eigenvalue weighted by molar-refractivity contribution is 0.0169. The Morgan fingerprint density at radius 1 is 1.00 bits per heavy atom. The van der Waals surface area contributed by atoms with Gasteiger partial charge in [0.2, 0.25) is 0 Å².